The van der Waals surface area contributed by atoms with E-state index in [1.54, 1.807) is 12.1 Å². The normalized spacial score (nSPS) is 16.8. The summed E-state index contributed by atoms with van der Waals surface area (Å²) >= 11 is 0. The van der Waals surface area contributed by atoms with Gasteiger partial charge in [-0.05, 0) is 44.0 Å². The minimum Gasteiger partial charge on any atom is -0.493 e. The Bertz CT molecular complexity index is 760. The van der Waals surface area contributed by atoms with Crippen molar-refractivity contribution in [1.82, 2.24) is 5.32 Å². The van der Waals surface area contributed by atoms with Crippen LogP contribution in [0.1, 0.15) is 25.7 Å². The fraction of sp³-hybridized carbons (Fsp3) is 0.368. The Labute approximate surface area is 152 Å². The van der Waals surface area contributed by atoms with Gasteiger partial charge in [0, 0.05) is 24.2 Å². The molecule has 0 saturated carbocycles. The Kier molecular flexibility index (Phi) is 5.91. The van der Waals surface area contributed by atoms with Crippen molar-refractivity contribution >= 4 is 11.4 Å². The van der Waals surface area contributed by atoms with Crippen LogP contribution in [0.15, 0.2) is 42.5 Å². The molecule has 1 aliphatic rings. The van der Waals surface area contributed by atoms with Gasteiger partial charge in [-0.3, -0.25) is 10.1 Å². The van der Waals surface area contributed by atoms with E-state index in [0.717, 1.165) is 18.7 Å². The van der Waals surface area contributed by atoms with E-state index in [9.17, 15) is 10.1 Å². The summed E-state index contributed by atoms with van der Waals surface area (Å²) in [7, 11) is 0. The first kappa shape index (κ1) is 18.0. The highest BCUT2D eigenvalue weighted by Crippen LogP contribution is 2.30. The number of piperidine rings is 1. The summed E-state index contributed by atoms with van der Waals surface area (Å²) in [5, 5.41) is 14.3. The average molecular weight is 357 g/mol. The van der Waals surface area contributed by atoms with Gasteiger partial charge in [-0.25, -0.2) is 0 Å². The molecule has 2 aromatic rings. The zero-order chi connectivity index (χ0) is 18.4. The van der Waals surface area contributed by atoms with E-state index >= 15 is 0 Å². The molecule has 26 heavy (non-hydrogen) atoms. The maximum atomic E-state index is 10.8. The average Bonchev–Trinajstić information content (AvgIpc) is 2.63. The van der Waals surface area contributed by atoms with Gasteiger partial charge in [-0.2, -0.15) is 0 Å². The first-order valence-corrected chi connectivity index (χ1v) is 8.80. The molecule has 1 atom stereocenters. The monoisotopic (exact) mass is 357 g/mol. The van der Waals surface area contributed by atoms with E-state index in [0.29, 0.717) is 24.1 Å². The van der Waals surface area contributed by atoms with Gasteiger partial charge in [-0.15, -0.1) is 0 Å². The molecule has 1 aliphatic heterocycles. The molecule has 1 unspecified atom stereocenters. The molecule has 0 amide bonds. The molecule has 0 aromatic heterocycles. The zero-order valence-electron chi connectivity index (χ0n) is 14.5. The summed E-state index contributed by atoms with van der Waals surface area (Å²) in [5.74, 6) is 1.76. The van der Waals surface area contributed by atoms with Crippen LogP contribution in [0, 0.1) is 10.1 Å². The highest BCUT2D eigenvalue weighted by molar-refractivity contribution is 5.61. The summed E-state index contributed by atoms with van der Waals surface area (Å²) in [6, 6.07) is 12.2. The largest absolute Gasteiger partial charge is 0.493 e. The maximum Gasteiger partial charge on any atom is 0.292 e. The molecule has 2 aromatic carbocycles. The highest BCUT2D eigenvalue weighted by Gasteiger charge is 2.13. The minimum absolute atomic E-state index is 0.0693. The van der Waals surface area contributed by atoms with Crippen LogP contribution in [0.3, 0.4) is 0 Å². The molecule has 7 nitrogen and oxygen atoms in total. The van der Waals surface area contributed by atoms with Gasteiger partial charge >= 0.3 is 0 Å². The maximum absolute atomic E-state index is 10.8. The molecule has 1 heterocycles. The Morgan fingerprint density at radius 3 is 2.69 bits per heavy atom. The number of nitrogens with zero attached hydrogens (tertiary/aromatic N) is 1. The van der Waals surface area contributed by atoms with Crippen molar-refractivity contribution in [1.29, 1.82) is 0 Å². The molecule has 3 rings (SSSR count). The summed E-state index contributed by atoms with van der Waals surface area (Å²) in [4.78, 5) is 10.3. The standard InChI is InChI=1S/C19H23N3O4/c20-18-13-17(7-8-19(18)22(23)24)26-16-6-3-5-15(12-16)25-11-9-14-4-1-2-10-21-14/h3,5-8,12-14,21H,1-2,4,9-11,20H2. The second kappa shape index (κ2) is 8.53. The number of rotatable bonds is 7. The molecule has 1 saturated heterocycles. The summed E-state index contributed by atoms with van der Waals surface area (Å²) in [5.41, 5.74) is 5.63. The Morgan fingerprint density at radius 1 is 1.15 bits per heavy atom. The third kappa shape index (κ3) is 4.86. The van der Waals surface area contributed by atoms with E-state index in [1.165, 1.54) is 37.5 Å². The lowest BCUT2D eigenvalue weighted by Gasteiger charge is -2.23. The third-order valence-corrected chi connectivity index (χ3v) is 4.38. The van der Waals surface area contributed by atoms with Crippen LogP contribution in [0.5, 0.6) is 17.2 Å². The van der Waals surface area contributed by atoms with Gasteiger partial charge < -0.3 is 20.5 Å². The SMILES string of the molecule is Nc1cc(Oc2cccc(OCCC3CCCCN3)c2)ccc1[N+](=O)[O-]. The molecule has 1 fully saturated rings. The summed E-state index contributed by atoms with van der Waals surface area (Å²) in [6.45, 7) is 1.73. The van der Waals surface area contributed by atoms with Crippen LogP contribution >= 0.6 is 0 Å². The van der Waals surface area contributed by atoms with E-state index < -0.39 is 4.92 Å². The molecule has 3 N–H and O–H groups in total. The molecule has 0 bridgehead atoms. The molecule has 0 spiro atoms. The number of benzene rings is 2. The van der Waals surface area contributed by atoms with E-state index in [-0.39, 0.29) is 11.4 Å². The van der Waals surface area contributed by atoms with Gasteiger partial charge in [-0.1, -0.05) is 12.5 Å². The van der Waals surface area contributed by atoms with Crippen molar-refractivity contribution in [3.8, 4) is 17.2 Å². The predicted molar refractivity (Wildman–Crippen MR) is 99.8 cm³/mol. The van der Waals surface area contributed by atoms with Gasteiger partial charge in [0.15, 0.2) is 0 Å². The fourth-order valence-corrected chi connectivity index (χ4v) is 3.02. The molecular formula is C19H23N3O4. The van der Waals surface area contributed by atoms with Gasteiger partial charge in [0.25, 0.3) is 5.69 Å². The summed E-state index contributed by atoms with van der Waals surface area (Å²) in [6.07, 6.45) is 4.71. The van der Waals surface area contributed by atoms with Crippen molar-refractivity contribution in [2.45, 2.75) is 31.7 Å². The minimum atomic E-state index is -0.519. The lowest BCUT2D eigenvalue weighted by atomic mass is 10.0. The Morgan fingerprint density at radius 2 is 1.96 bits per heavy atom. The number of ether oxygens (including phenoxy) is 2. The smallest absolute Gasteiger partial charge is 0.292 e. The lowest BCUT2D eigenvalue weighted by molar-refractivity contribution is -0.383. The number of nitrogen functional groups attached to an aromatic ring is 1. The lowest BCUT2D eigenvalue weighted by Crippen LogP contribution is -2.35. The number of hydrogen-bond donors (Lipinski definition) is 2. The van der Waals surface area contributed by atoms with Gasteiger partial charge in [0.1, 0.15) is 22.9 Å². The molecule has 0 radical (unpaired) electrons. The van der Waals surface area contributed by atoms with Crippen molar-refractivity contribution in [2.75, 3.05) is 18.9 Å². The zero-order valence-corrected chi connectivity index (χ0v) is 14.5. The van der Waals surface area contributed by atoms with E-state index in [2.05, 4.69) is 5.32 Å². The predicted octanol–water partition coefficient (Wildman–Crippen LogP) is 3.88. The van der Waals surface area contributed by atoms with Crippen LogP contribution in [0.4, 0.5) is 11.4 Å². The van der Waals surface area contributed by atoms with Gasteiger partial charge in [0.2, 0.25) is 0 Å². The van der Waals surface area contributed by atoms with Crippen molar-refractivity contribution in [2.24, 2.45) is 0 Å². The number of nitrogens with two attached hydrogens (primary N) is 1. The van der Waals surface area contributed by atoms with Crippen LogP contribution < -0.4 is 20.5 Å². The third-order valence-electron chi connectivity index (χ3n) is 4.38. The van der Waals surface area contributed by atoms with E-state index in [1.807, 2.05) is 12.1 Å². The number of hydrogen-bond acceptors (Lipinski definition) is 6. The van der Waals surface area contributed by atoms with Gasteiger partial charge in [0.05, 0.1) is 11.5 Å². The fourth-order valence-electron chi connectivity index (χ4n) is 3.02. The van der Waals surface area contributed by atoms with Crippen molar-refractivity contribution < 1.29 is 14.4 Å². The number of anilines is 1. The second-order valence-corrected chi connectivity index (χ2v) is 6.34. The topological polar surface area (TPSA) is 99.7 Å². The van der Waals surface area contributed by atoms with Crippen LogP contribution in [-0.4, -0.2) is 24.1 Å². The van der Waals surface area contributed by atoms with E-state index in [4.69, 9.17) is 15.2 Å². The second-order valence-electron chi connectivity index (χ2n) is 6.34. The number of nitro groups is 1. The molecular weight excluding hydrogens is 334 g/mol. The van der Waals surface area contributed by atoms with Crippen LogP contribution in [-0.2, 0) is 0 Å². The number of nitro benzene ring substituents is 1. The molecule has 0 aliphatic carbocycles. The molecule has 7 heteroatoms. The number of nitrogens with one attached hydrogen (secondary N) is 1. The Hall–Kier alpha value is -2.80. The van der Waals surface area contributed by atoms with Crippen molar-refractivity contribution in [3.05, 3.63) is 52.6 Å². The molecule has 138 valence electrons. The quantitative estimate of drug-likeness (QED) is 0.443. The first-order chi connectivity index (χ1) is 12.6. The first-order valence-electron chi connectivity index (χ1n) is 8.80. The summed E-state index contributed by atoms with van der Waals surface area (Å²) < 4.78 is 11.6. The highest BCUT2D eigenvalue weighted by atomic mass is 16.6. The van der Waals surface area contributed by atoms with Crippen molar-refractivity contribution in [3.63, 3.8) is 0 Å². The van der Waals surface area contributed by atoms with Crippen LogP contribution in [0.2, 0.25) is 0 Å². The Balaban J connectivity index is 1.56. The van der Waals surface area contributed by atoms with Crippen LogP contribution in [0.25, 0.3) is 0 Å².